The quantitative estimate of drug-likeness (QED) is 0.628. The minimum atomic E-state index is -1.11. The number of carbonyl (C=O) groups is 2. The van der Waals surface area contributed by atoms with Gasteiger partial charge in [-0.1, -0.05) is 30.3 Å². The van der Waals surface area contributed by atoms with Gasteiger partial charge in [-0.2, -0.15) is 0 Å². The molecule has 0 radical (unpaired) electrons. The zero-order valence-corrected chi connectivity index (χ0v) is 11.1. The average Bonchev–Trinajstić information content (AvgIpc) is 2.45. The molecule has 0 saturated carbocycles. The number of carboxylic acid groups (broad SMARTS) is 1. The summed E-state index contributed by atoms with van der Waals surface area (Å²) in [6.07, 6.45) is 0.526. The zero-order chi connectivity index (χ0) is 14.8. The van der Waals surface area contributed by atoms with Crippen LogP contribution >= 0.6 is 0 Å². The molecule has 3 N–H and O–H groups in total. The van der Waals surface area contributed by atoms with Crippen LogP contribution in [0.5, 0.6) is 0 Å². The van der Waals surface area contributed by atoms with Gasteiger partial charge in [-0.3, -0.25) is 0 Å². The number of carboxylic acids is 1. The van der Waals surface area contributed by atoms with E-state index in [-0.39, 0.29) is 19.6 Å². The SMILES string of the molecule is O=C(NC(CCCCO)C(=O)O)OCc1ccccc1. The second kappa shape index (κ2) is 8.92. The summed E-state index contributed by atoms with van der Waals surface area (Å²) in [5.41, 5.74) is 0.829. The van der Waals surface area contributed by atoms with Crippen molar-refractivity contribution in [2.24, 2.45) is 0 Å². The fraction of sp³-hybridized carbons (Fsp3) is 0.429. The Morgan fingerprint density at radius 3 is 2.50 bits per heavy atom. The summed E-state index contributed by atoms with van der Waals surface area (Å²) < 4.78 is 4.95. The highest BCUT2D eigenvalue weighted by Crippen LogP contribution is 2.04. The van der Waals surface area contributed by atoms with Crippen LogP contribution in [-0.4, -0.2) is 34.9 Å². The number of nitrogens with one attached hydrogen (secondary N) is 1. The van der Waals surface area contributed by atoms with Crippen LogP contribution in [0.1, 0.15) is 24.8 Å². The van der Waals surface area contributed by atoms with E-state index in [1.165, 1.54) is 0 Å². The number of amides is 1. The van der Waals surface area contributed by atoms with E-state index in [1.54, 1.807) is 0 Å². The molecule has 0 spiro atoms. The number of ether oxygens (including phenoxy) is 1. The maximum atomic E-state index is 11.5. The predicted molar refractivity (Wildman–Crippen MR) is 72.1 cm³/mol. The second-order valence-corrected chi connectivity index (χ2v) is 4.32. The molecule has 0 aliphatic heterocycles. The van der Waals surface area contributed by atoms with Gasteiger partial charge in [-0.05, 0) is 24.8 Å². The number of hydrogen-bond donors (Lipinski definition) is 3. The van der Waals surface area contributed by atoms with Crippen LogP contribution in [0.25, 0.3) is 0 Å². The number of aliphatic hydroxyl groups is 1. The molecule has 110 valence electrons. The van der Waals surface area contributed by atoms with E-state index >= 15 is 0 Å². The summed E-state index contributed by atoms with van der Waals surface area (Å²) in [7, 11) is 0. The number of hydrogen-bond acceptors (Lipinski definition) is 4. The number of alkyl carbamates (subject to hydrolysis) is 1. The van der Waals surface area contributed by atoms with Crippen molar-refractivity contribution in [3.63, 3.8) is 0 Å². The van der Waals surface area contributed by atoms with E-state index in [2.05, 4.69) is 5.32 Å². The van der Waals surface area contributed by atoms with Gasteiger partial charge < -0.3 is 20.3 Å². The first-order valence-electron chi connectivity index (χ1n) is 6.44. The Bertz CT molecular complexity index is 421. The van der Waals surface area contributed by atoms with Gasteiger partial charge in [0.05, 0.1) is 0 Å². The number of benzene rings is 1. The molecule has 6 heteroatoms. The van der Waals surface area contributed by atoms with E-state index in [1.807, 2.05) is 30.3 Å². The third-order valence-corrected chi connectivity index (χ3v) is 2.70. The molecule has 1 atom stereocenters. The molecule has 6 nitrogen and oxygen atoms in total. The van der Waals surface area contributed by atoms with E-state index in [4.69, 9.17) is 14.9 Å². The Balaban J connectivity index is 2.36. The minimum Gasteiger partial charge on any atom is -0.480 e. The van der Waals surface area contributed by atoms with Gasteiger partial charge in [0.25, 0.3) is 0 Å². The number of aliphatic carboxylic acids is 1. The monoisotopic (exact) mass is 281 g/mol. The Morgan fingerprint density at radius 1 is 1.20 bits per heavy atom. The van der Waals surface area contributed by atoms with Gasteiger partial charge in [0, 0.05) is 6.61 Å². The summed E-state index contributed by atoms with van der Waals surface area (Å²) >= 11 is 0. The Kier molecular flexibility index (Phi) is 7.13. The standard InChI is InChI=1S/C14H19NO5/c16-9-5-4-8-12(13(17)18)15-14(19)20-10-11-6-2-1-3-7-11/h1-3,6-7,12,16H,4-5,8-10H2,(H,15,19)(H,17,18). The van der Waals surface area contributed by atoms with Crippen molar-refractivity contribution < 1.29 is 24.5 Å². The summed E-state index contributed by atoms with van der Waals surface area (Å²) in [6.45, 7) is 0.0977. The molecule has 0 heterocycles. The predicted octanol–water partition coefficient (Wildman–Crippen LogP) is 1.53. The van der Waals surface area contributed by atoms with Crippen molar-refractivity contribution in [1.82, 2.24) is 5.32 Å². The highest BCUT2D eigenvalue weighted by Gasteiger charge is 2.19. The first-order valence-corrected chi connectivity index (χ1v) is 6.44. The molecular formula is C14H19NO5. The van der Waals surface area contributed by atoms with Crippen LogP contribution < -0.4 is 5.32 Å². The van der Waals surface area contributed by atoms with Gasteiger partial charge in [-0.15, -0.1) is 0 Å². The highest BCUT2D eigenvalue weighted by atomic mass is 16.5. The average molecular weight is 281 g/mol. The van der Waals surface area contributed by atoms with Crippen molar-refractivity contribution in [3.8, 4) is 0 Å². The van der Waals surface area contributed by atoms with Crippen molar-refractivity contribution in [2.75, 3.05) is 6.61 Å². The van der Waals surface area contributed by atoms with Crippen molar-refractivity contribution >= 4 is 12.1 Å². The maximum absolute atomic E-state index is 11.5. The molecule has 1 rings (SSSR count). The molecule has 1 unspecified atom stereocenters. The second-order valence-electron chi connectivity index (χ2n) is 4.32. The summed E-state index contributed by atoms with van der Waals surface area (Å²) in [6, 6.07) is 8.12. The van der Waals surface area contributed by atoms with Gasteiger partial charge in [0.1, 0.15) is 12.6 Å². The molecule has 0 fully saturated rings. The van der Waals surface area contributed by atoms with E-state index in [0.29, 0.717) is 12.8 Å². The Hall–Kier alpha value is -2.08. The number of rotatable bonds is 8. The molecule has 0 aliphatic carbocycles. The van der Waals surface area contributed by atoms with Crippen LogP contribution in [0.15, 0.2) is 30.3 Å². The summed E-state index contributed by atoms with van der Waals surface area (Å²) in [5, 5.41) is 19.9. The molecule has 0 aliphatic rings. The van der Waals surface area contributed by atoms with Gasteiger partial charge in [0.15, 0.2) is 0 Å². The first kappa shape index (κ1) is 16.0. The topological polar surface area (TPSA) is 95.9 Å². The normalized spacial score (nSPS) is 11.7. The molecule has 0 bridgehead atoms. The molecule has 1 aromatic carbocycles. The molecule has 20 heavy (non-hydrogen) atoms. The van der Waals surface area contributed by atoms with E-state index < -0.39 is 18.1 Å². The van der Waals surface area contributed by atoms with Crippen LogP contribution in [0.3, 0.4) is 0 Å². The third-order valence-electron chi connectivity index (χ3n) is 2.70. The number of unbranched alkanes of at least 4 members (excludes halogenated alkanes) is 1. The fourth-order valence-corrected chi connectivity index (χ4v) is 1.62. The van der Waals surface area contributed by atoms with Gasteiger partial charge in [0.2, 0.25) is 0 Å². The number of aliphatic hydroxyl groups excluding tert-OH is 1. The summed E-state index contributed by atoms with van der Waals surface area (Å²) in [4.78, 5) is 22.5. The molecule has 0 saturated heterocycles. The van der Waals surface area contributed by atoms with Crippen molar-refractivity contribution in [2.45, 2.75) is 31.9 Å². The van der Waals surface area contributed by atoms with Crippen LogP contribution in [0.4, 0.5) is 4.79 Å². The third kappa shape index (κ3) is 6.19. The Labute approximate surface area is 117 Å². The van der Waals surface area contributed by atoms with Gasteiger partial charge >= 0.3 is 12.1 Å². The smallest absolute Gasteiger partial charge is 0.408 e. The van der Waals surface area contributed by atoms with Crippen molar-refractivity contribution in [1.29, 1.82) is 0 Å². The summed E-state index contributed by atoms with van der Waals surface area (Å²) in [5.74, 6) is -1.11. The first-order chi connectivity index (χ1) is 9.63. The van der Waals surface area contributed by atoms with Crippen molar-refractivity contribution in [3.05, 3.63) is 35.9 Å². The lowest BCUT2D eigenvalue weighted by Crippen LogP contribution is -2.41. The minimum absolute atomic E-state index is 0.00475. The Morgan fingerprint density at radius 2 is 1.90 bits per heavy atom. The lowest BCUT2D eigenvalue weighted by Gasteiger charge is -2.14. The number of carbonyl (C=O) groups excluding carboxylic acids is 1. The van der Waals surface area contributed by atoms with Crippen LogP contribution in [0.2, 0.25) is 0 Å². The lowest BCUT2D eigenvalue weighted by molar-refractivity contribution is -0.139. The van der Waals surface area contributed by atoms with E-state index in [0.717, 1.165) is 5.56 Å². The van der Waals surface area contributed by atoms with Crippen LogP contribution in [0, 0.1) is 0 Å². The van der Waals surface area contributed by atoms with E-state index in [9.17, 15) is 9.59 Å². The lowest BCUT2D eigenvalue weighted by atomic mass is 10.1. The molecule has 1 aromatic rings. The molecule has 1 amide bonds. The van der Waals surface area contributed by atoms with Crippen LogP contribution in [-0.2, 0) is 16.1 Å². The van der Waals surface area contributed by atoms with Gasteiger partial charge in [-0.25, -0.2) is 9.59 Å². The zero-order valence-electron chi connectivity index (χ0n) is 11.1. The largest absolute Gasteiger partial charge is 0.480 e. The fourth-order valence-electron chi connectivity index (χ4n) is 1.62. The maximum Gasteiger partial charge on any atom is 0.408 e. The highest BCUT2D eigenvalue weighted by molar-refractivity contribution is 5.79. The molecular weight excluding hydrogens is 262 g/mol. The molecule has 0 aromatic heterocycles.